The second-order valence-corrected chi connectivity index (χ2v) is 5.01. The first-order valence-corrected chi connectivity index (χ1v) is 6.71. The highest BCUT2D eigenvalue weighted by molar-refractivity contribution is 6.16. The number of phenols is 1. The Hall–Kier alpha value is -2.69. The predicted octanol–water partition coefficient (Wildman–Crippen LogP) is 2.22. The summed E-state index contributed by atoms with van der Waals surface area (Å²) in [4.78, 5) is 29.8. The van der Waals surface area contributed by atoms with Crippen LogP contribution < -0.4 is 4.90 Å². The van der Waals surface area contributed by atoms with E-state index in [4.69, 9.17) is 0 Å². The molecule has 0 bridgehead atoms. The second kappa shape index (κ2) is 5.36. The molecule has 2 amide bonds. The molecule has 0 saturated carbocycles. The average molecular weight is 282 g/mol. The van der Waals surface area contributed by atoms with Crippen molar-refractivity contribution in [2.45, 2.75) is 18.8 Å². The van der Waals surface area contributed by atoms with Gasteiger partial charge in [0, 0.05) is 25.0 Å². The summed E-state index contributed by atoms with van der Waals surface area (Å²) in [5, 5.41) is 9.30. The number of carbonyl (C=O) groups is 2. The summed E-state index contributed by atoms with van der Waals surface area (Å²) in [5.41, 5.74) is 0.884. The first-order chi connectivity index (χ1) is 10.1. The second-order valence-electron chi connectivity index (χ2n) is 5.01. The first-order valence-electron chi connectivity index (χ1n) is 6.71. The Balaban J connectivity index is 1.83. The van der Waals surface area contributed by atoms with Crippen LogP contribution in [-0.4, -0.2) is 21.9 Å². The molecule has 2 aromatic rings. The zero-order valence-corrected chi connectivity index (χ0v) is 11.3. The van der Waals surface area contributed by atoms with Crippen LogP contribution in [0.25, 0.3) is 0 Å². The van der Waals surface area contributed by atoms with Crippen molar-refractivity contribution in [1.82, 2.24) is 4.98 Å². The molecule has 2 heterocycles. The van der Waals surface area contributed by atoms with Gasteiger partial charge >= 0.3 is 0 Å². The van der Waals surface area contributed by atoms with Crippen LogP contribution in [0.2, 0.25) is 0 Å². The molecule has 1 aliphatic heterocycles. The van der Waals surface area contributed by atoms with Crippen molar-refractivity contribution < 1.29 is 14.7 Å². The smallest absolute Gasteiger partial charge is 0.235 e. The number of aromatic nitrogens is 1. The third kappa shape index (κ3) is 2.63. The van der Waals surface area contributed by atoms with Crippen molar-refractivity contribution in [3.63, 3.8) is 0 Å². The van der Waals surface area contributed by atoms with Crippen LogP contribution in [0.15, 0.2) is 48.7 Å². The van der Waals surface area contributed by atoms with Crippen LogP contribution >= 0.6 is 0 Å². The number of phenolic OH excluding ortho intramolecular Hbond substituents is 1. The van der Waals surface area contributed by atoms with Crippen molar-refractivity contribution in [3.05, 3.63) is 54.2 Å². The summed E-state index contributed by atoms with van der Waals surface area (Å²) in [5.74, 6) is -0.101. The van der Waals surface area contributed by atoms with Crippen molar-refractivity contribution in [2.24, 2.45) is 0 Å². The molecule has 3 rings (SSSR count). The number of carbonyl (C=O) groups excluding carboxylic acids is 2. The Morgan fingerprint density at radius 1 is 1.00 bits per heavy atom. The fraction of sp³-hybridized carbons (Fsp3) is 0.188. The SMILES string of the molecule is O=C1CC(c2ccc(O)cc2)CC(=O)N1c1ccccn1. The normalized spacial score (nSPS) is 16.3. The lowest BCUT2D eigenvalue weighted by Crippen LogP contribution is -2.43. The van der Waals surface area contributed by atoms with Crippen molar-refractivity contribution in [1.29, 1.82) is 0 Å². The predicted molar refractivity (Wildman–Crippen MR) is 76.8 cm³/mol. The van der Waals surface area contributed by atoms with Gasteiger partial charge in [-0.2, -0.15) is 0 Å². The summed E-state index contributed by atoms with van der Waals surface area (Å²) in [6, 6.07) is 11.8. The number of imide groups is 1. The van der Waals surface area contributed by atoms with Gasteiger partial charge in [-0.1, -0.05) is 18.2 Å². The summed E-state index contributed by atoms with van der Waals surface area (Å²) in [6.07, 6.45) is 2.07. The third-order valence-corrected chi connectivity index (χ3v) is 3.58. The molecular formula is C16H14N2O3. The van der Waals surface area contributed by atoms with Gasteiger partial charge in [0.1, 0.15) is 11.6 Å². The van der Waals surface area contributed by atoms with Crippen LogP contribution in [0, 0.1) is 0 Å². The van der Waals surface area contributed by atoms with E-state index < -0.39 is 0 Å². The van der Waals surface area contributed by atoms with E-state index in [1.807, 2.05) is 0 Å². The van der Waals surface area contributed by atoms with Gasteiger partial charge in [0.15, 0.2) is 0 Å². The number of hydrogen-bond acceptors (Lipinski definition) is 4. The summed E-state index contributed by atoms with van der Waals surface area (Å²) >= 11 is 0. The number of aromatic hydroxyl groups is 1. The van der Waals surface area contributed by atoms with Crippen molar-refractivity contribution in [3.8, 4) is 5.75 Å². The number of amides is 2. The number of hydrogen-bond donors (Lipinski definition) is 1. The molecule has 0 radical (unpaired) electrons. The first kappa shape index (κ1) is 13.3. The molecule has 0 atom stereocenters. The lowest BCUT2D eigenvalue weighted by atomic mass is 9.88. The van der Waals surface area contributed by atoms with Crippen LogP contribution in [0.4, 0.5) is 5.82 Å². The molecule has 0 spiro atoms. The van der Waals surface area contributed by atoms with Crippen molar-refractivity contribution >= 4 is 17.6 Å². The molecule has 1 N–H and O–H groups in total. The van der Waals surface area contributed by atoms with Gasteiger partial charge in [-0.25, -0.2) is 9.88 Å². The molecule has 5 nitrogen and oxygen atoms in total. The average Bonchev–Trinajstić information content (AvgIpc) is 2.48. The van der Waals surface area contributed by atoms with E-state index in [9.17, 15) is 14.7 Å². The number of pyridine rings is 1. The molecule has 1 fully saturated rings. The maximum atomic E-state index is 12.3. The Labute approximate surface area is 121 Å². The zero-order valence-electron chi connectivity index (χ0n) is 11.3. The van der Waals surface area contributed by atoms with Gasteiger partial charge < -0.3 is 5.11 Å². The molecule has 0 unspecified atom stereocenters. The number of benzene rings is 1. The minimum Gasteiger partial charge on any atom is -0.508 e. The van der Waals surface area contributed by atoms with E-state index in [2.05, 4.69) is 4.98 Å². The Bertz CT molecular complexity index is 650. The van der Waals surface area contributed by atoms with E-state index in [0.29, 0.717) is 5.82 Å². The fourth-order valence-corrected chi connectivity index (χ4v) is 2.54. The molecule has 1 aromatic heterocycles. The highest BCUT2D eigenvalue weighted by Gasteiger charge is 2.34. The number of nitrogens with zero attached hydrogens (tertiary/aromatic N) is 2. The Morgan fingerprint density at radius 3 is 2.24 bits per heavy atom. The van der Waals surface area contributed by atoms with E-state index in [1.165, 1.54) is 0 Å². The lowest BCUT2D eigenvalue weighted by Gasteiger charge is -2.29. The highest BCUT2D eigenvalue weighted by atomic mass is 16.3. The molecule has 5 heteroatoms. The van der Waals surface area contributed by atoms with Crippen LogP contribution in [0.1, 0.15) is 24.3 Å². The van der Waals surface area contributed by atoms with Crippen LogP contribution in [0.3, 0.4) is 0 Å². The van der Waals surface area contributed by atoms with Crippen LogP contribution in [0.5, 0.6) is 5.75 Å². The minimum absolute atomic E-state index is 0.148. The largest absolute Gasteiger partial charge is 0.508 e. The number of anilines is 1. The van der Waals surface area contributed by atoms with E-state index >= 15 is 0 Å². The summed E-state index contributed by atoms with van der Waals surface area (Å²) < 4.78 is 0. The highest BCUT2D eigenvalue weighted by Crippen LogP contribution is 2.32. The minimum atomic E-state index is -0.247. The molecule has 106 valence electrons. The van der Waals surface area contributed by atoms with E-state index in [1.54, 1.807) is 48.7 Å². The van der Waals surface area contributed by atoms with E-state index in [0.717, 1.165) is 10.5 Å². The Morgan fingerprint density at radius 2 is 1.67 bits per heavy atom. The molecule has 1 aliphatic rings. The molecule has 1 saturated heterocycles. The lowest BCUT2D eigenvalue weighted by molar-refractivity contribution is -0.129. The molecule has 0 aliphatic carbocycles. The zero-order chi connectivity index (χ0) is 14.8. The van der Waals surface area contributed by atoms with Crippen molar-refractivity contribution in [2.75, 3.05) is 4.90 Å². The standard InChI is InChI=1S/C16H14N2O3/c19-13-6-4-11(5-7-13)12-9-15(20)18(16(21)10-12)14-3-1-2-8-17-14/h1-8,12,19H,9-10H2. The maximum Gasteiger partial charge on any atom is 0.235 e. The molecule has 21 heavy (non-hydrogen) atoms. The monoisotopic (exact) mass is 282 g/mol. The fourth-order valence-electron chi connectivity index (χ4n) is 2.54. The summed E-state index contributed by atoms with van der Waals surface area (Å²) in [6.45, 7) is 0. The van der Waals surface area contributed by atoms with Gasteiger partial charge in [-0.15, -0.1) is 0 Å². The van der Waals surface area contributed by atoms with Gasteiger partial charge in [-0.05, 0) is 29.8 Å². The van der Waals surface area contributed by atoms with Gasteiger partial charge in [0.25, 0.3) is 0 Å². The third-order valence-electron chi connectivity index (χ3n) is 3.58. The van der Waals surface area contributed by atoms with Crippen LogP contribution in [-0.2, 0) is 9.59 Å². The quantitative estimate of drug-likeness (QED) is 0.857. The maximum absolute atomic E-state index is 12.3. The van der Waals surface area contributed by atoms with Gasteiger partial charge in [0.2, 0.25) is 11.8 Å². The number of rotatable bonds is 2. The Kier molecular flexibility index (Phi) is 3.39. The van der Waals surface area contributed by atoms with Gasteiger partial charge in [-0.3, -0.25) is 9.59 Å². The summed E-state index contributed by atoms with van der Waals surface area (Å²) in [7, 11) is 0. The van der Waals surface area contributed by atoms with Gasteiger partial charge in [0.05, 0.1) is 0 Å². The topological polar surface area (TPSA) is 70.5 Å². The molecule has 1 aromatic carbocycles. The number of piperidine rings is 1. The van der Waals surface area contributed by atoms with E-state index in [-0.39, 0.29) is 36.3 Å². The molecular weight excluding hydrogens is 268 g/mol.